The van der Waals surface area contributed by atoms with E-state index in [1.807, 2.05) is 32.2 Å². The van der Waals surface area contributed by atoms with Crippen LogP contribution < -0.4 is 10.1 Å². The zero-order chi connectivity index (χ0) is 13.9. The lowest BCUT2D eigenvalue weighted by Crippen LogP contribution is -2.16. The summed E-state index contributed by atoms with van der Waals surface area (Å²) in [5, 5.41) is 3.46. The van der Waals surface area contributed by atoms with Gasteiger partial charge in [0.1, 0.15) is 5.75 Å². The molecule has 1 saturated carbocycles. The highest BCUT2D eigenvalue weighted by Gasteiger charge is 2.20. The van der Waals surface area contributed by atoms with Crippen LogP contribution in [0.15, 0.2) is 24.5 Å². The number of rotatable bonds is 5. The second-order valence-electron chi connectivity index (χ2n) is 5.16. The van der Waals surface area contributed by atoms with Gasteiger partial charge in [0.15, 0.2) is 0 Å². The standard InChI is InChI=1S/C15H18N4O/c1-10-3-6-14(9-16-10)20-15-18-8-12(11(2)19-15)7-17-13-4-5-13/h3,6,8-9,13,17H,4-5,7H2,1-2H3. The minimum absolute atomic E-state index is 0.364. The van der Waals surface area contributed by atoms with Gasteiger partial charge in [0, 0.05) is 35.7 Å². The normalized spacial score (nSPS) is 14.3. The predicted octanol–water partition coefficient (Wildman–Crippen LogP) is 2.53. The Bertz CT molecular complexity index is 593. The quantitative estimate of drug-likeness (QED) is 0.904. The zero-order valence-electron chi connectivity index (χ0n) is 11.8. The van der Waals surface area contributed by atoms with E-state index in [9.17, 15) is 0 Å². The molecule has 5 nitrogen and oxygen atoms in total. The molecule has 0 radical (unpaired) electrons. The van der Waals surface area contributed by atoms with Gasteiger partial charge in [-0.15, -0.1) is 0 Å². The number of nitrogens with one attached hydrogen (secondary N) is 1. The molecular weight excluding hydrogens is 252 g/mol. The van der Waals surface area contributed by atoms with Crippen LogP contribution in [0.1, 0.15) is 29.8 Å². The molecule has 2 aromatic rings. The smallest absolute Gasteiger partial charge is 0.322 e. The van der Waals surface area contributed by atoms with Crippen LogP contribution in [0.2, 0.25) is 0 Å². The van der Waals surface area contributed by atoms with E-state index < -0.39 is 0 Å². The molecular formula is C15H18N4O. The molecule has 0 spiro atoms. The number of hydrogen-bond acceptors (Lipinski definition) is 5. The summed E-state index contributed by atoms with van der Waals surface area (Å²) in [5.74, 6) is 0.652. The minimum Gasteiger partial charge on any atom is -0.423 e. The first kappa shape index (κ1) is 13.0. The summed E-state index contributed by atoms with van der Waals surface area (Å²) in [7, 11) is 0. The SMILES string of the molecule is Cc1ccc(Oc2ncc(CNC3CC3)c(C)n2)cn1. The maximum atomic E-state index is 5.60. The lowest BCUT2D eigenvalue weighted by molar-refractivity contribution is 0.437. The van der Waals surface area contributed by atoms with Crippen molar-refractivity contribution in [3.05, 3.63) is 41.5 Å². The lowest BCUT2D eigenvalue weighted by atomic mass is 10.2. The Morgan fingerprint density at radius 2 is 2.05 bits per heavy atom. The Hall–Kier alpha value is -2.01. The van der Waals surface area contributed by atoms with Gasteiger partial charge in [-0.1, -0.05) is 0 Å². The fourth-order valence-corrected chi connectivity index (χ4v) is 1.86. The Kier molecular flexibility index (Phi) is 3.60. The highest BCUT2D eigenvalue weighted by Crippen LogP contribution is 2.21. The molecule has 0 aromatic carbocycles. The average Bonchev–Trinajstić information content (AvgIpc) is 3.25. The Morgan fingerprint density at radius 1 is 1.20 bits per heavy atom. The lowest BCUT2D eigenvalue weighted by Gasteiger charge is -2.08. The third kappa shape index (κ3) is 3.30. The number of aryl methyl sites for hydroxylation is 2. The summed E-state index contributed by atoms with van der Waals surface area (Å²) >= 11 is 0. The summed E-state index contributed by atoms with van der Waals surface area (Å²) in [6, 6.07) is 4.81. The van der Waals surface area contributed by atoms with Crippen molar-refractivity contribution < 1.29 is 4.74 Å². The average molecular weight is 270 g/mol. The number of nitrogens with zero attached hydrogens (tertiary/aromatic N) is 3. The highest BCUT2D eigenvalue weighted by molar-refractivity contribution is 5.24. The van der Waals surface area contributed by atoms with Gasteiger partial charge in [-0.05, 0) is 38.8 Å². The van der Waals surface area contributed by atoms with Gasteiger partial charge in [-0.3, -0.25) is 4.98 Å². The summed E-state index contributed by atoms with van der Waals surface area (Å²) in [6.07, 6.45) is 6.06. The van der Waals surface area contributed by atoms with Crippen LogP contribution >= 0.6 is 0 Å². The van der Waals surface area contributed by atoms with Gasteiger partial charge < -0.3 is 10.1 Å². The van der Waals surface area contributed by atoms with Gasteiger partial charge in [0.2, 0.25) is 0 Å². The van der Waals surface area contributed by atoms with E-state index in [1.165, 1.54) is 12.8 Å². The molecule has 0 bridgehead atoms. The topological polar surface area (TPSA) is 59.9 Å². The van der Waals surface area contributed by atoms with Crippen molar-refractivity contribution in [3.63, 3.8) is 0 Å². The van der Waals surface area contributed by atoms with Crippen molar-refractivity contribution in [2.24, 2.45) is 0 Å². The Morgan fingerprint density at radius 3 is 2.70 bits per heavy atom. The first-order chi connectivity index (χ1) is 9.70. The van der Waals surface area contributed by atoms with Crippen molar-refractivity contribution in [2.75, 3.05) is 0 Å². The fourth-order valence-electron chi connectivity index (χ4n) is 1.86. The van der Waals surface area contributed by atoms with E-state index in [4.69, 9.17) is 4.74 Å². The van der Waals surface area contributed by atoms with E-state index in [-0.39, 0.29) is 0 Å². The van der Waals surface area contributed by atoms with Gasteiger partial charge >= 0.3 is 6.01 Å². The molecule has 1 N–H and O–H groups in total. The number of hydrogen-bond donors (Lipinski definition) is 1. The largest absolute Gasteiger partial charge is 0.423 e. The number of ether oxygens (including phenoxy) is 1. The molecule has 20 heavy (non-hydrogen) atoms. The molecule has 1 aliphatic carbocycles. The van der Waals surface area contributed by atoms with E-state index in [2.05, 4.69) is 20.3 Å². The van der Waals surface area contributed by atoms with Gasteiger partial charge in [0.25, 0.3) is 0 Å². The highest BCUT2D eigenvalue weighted by atomic mass is 16.5. The maximum absolute atomic E-state index is 5.60. The van der Waals surface area contributed by atoms with Crippen molar-refractivity contribution in [3.8, 4) is 11.8 Å². The van der Waals surface area contributed by atoms with Crippen molar-refractivity contribution in [2.45, 2.75) is 39.3 Å². The van der Waals surface area contributed by atoms with Crippen molar-refractivity contribution >= 4 is 0 Å². The van der Waals surface area contributed by atoms with Crippen LogP contribution in [-0.4, -0.2) is 21.0 Å². The first-order valence-corrected chi connectivity index (χ1v) is 6.87. The van der Waals surface area contributed by atoms with Crippen LogP contribution in [0.4, 0.5) is 0 Å². The van der Waals surface area contributed by atoms with Gasteiger partial charge in [-0.2, -0.15) is 4.98 Å². The third-order valence-corrected chi connectivity index (χ3v) is 3.31. The molecule has 0 unspecified atom stereocenters. The molecule has 5 heteroatoms. The molecule has 1 aliphatic rings. The second kappa shape index (κ2) is 5.54. The molecule has 0 amide bonds. The molecule has 2 aromatic heterocycles. The molecule has 3 rings (SSSR count). The van der Waals surface area contributed by atoms with Crippen LogP contribution in [0.3, 0.4) is 0 Å². The molecule has 2 heterocycles. The monoisotopic (exact) mass is 270 g/mol. The first-order valence-electron chi connectivity index (χ1n) is 6.87. The number of pyridine rings is 1. The molecule has 1 fully saturated rings. The van der Waals surface area contributed by atoms with Crippen LogP contribution in [0.25, 0.3) is 0 Å². The molecule has 104 valence electrons. The van der Waals surface area contributed by atoms with E-state index in [1.54, 1.807) is 6.20 Å². The summed E-state index contributed by atoms with van der Waals surface area (Å²) in [5.41, 5.74) is 3.02. The fraction of sp³-hybridized carbons (Fsp3) is 0.400. The van der Waals surface area contributed by atoms with E-state index in [0.717, 1.165) is 23.5 Å². The van der Waals surface area contributed by atoms with Crippen LogP contribution in [0, 0.1) is 13.8 Å². The van der Waals surface area contributed by atoms with Crippen molar-refractivity contribution in [1.29, 1.82) is 0 Å². The Balaban J connectivity index is 1.67. The second-order valence-corrected chi connectivity index (χ2v) is 5.16. The predicted molar refractivity (Wildman–Crippen MR) is 75.7 cm³/mol. The maximum Gasteiger partial charge on any atom is 0.322 e. The number of aromatic nitrogens is 3. The zero-order valence-corrected chi connectivity index (χ0v) is 11.8. The van der Waals surface area contributed by atoms with Crippen LogP contribution in [-0.2, 0) is 6.54 Å². The van der Waals surface area contributed by atoms with E-state index in [0.29, 0.717) is 17.8 Å². The molecule has 0 aliphatic heterocycles. The summed E-state index contributed by atoms with van der Waals surface area (Å²) < 4.78 is 5.60. The molecule has 0 saturated heterocycles. The third-order valence-electron chi connectivity index (χ3n) is 3.31. The minimum atomic E-state index is 0.364. The van der Waals surface area contributed by atoms with E-state index >= 15 is 0 Å². The van der Waals surface area contributed by atoms with Gasteiger partial charge in [-0.25, -0.2) is 4.98 Å². The van der Waals surface area contributed by atoms with Crippen molar-refractivity contribution in [1.82, 2.24) is 20.3 Å². The van der Waals surface area contributed by atoms with Gasteiger partial charge in [0.05, 0.1) is 6.20 Å². The summed E-state index contributed by atoms with van der Waals surface area (Å²) in [6.45, 7) is 4.74. The molecule has 0 atom stereocenters. The summed E-state index contributed by atoms with van der Waals surface area (Å²) in [4.78, 5) is 12.8. The van der Waals surface area contributed by atoms with Crippen LogP contribution in [0.5, 0.6) is 11.8 Å². The Labute approximate surface area is 118 Å².